The number of hydrogen-bond acceptors (Lipinski definition) is 3. The van der Waals surface area contributed by atoms with Crippen LogP contribution in [0.2, 0.25) is 0 Å². The highest BCUT2D eigenvalue weighted by atomic mass is 16.5. The summed E-state index contributed by atoms with van der Waals surface area (Å²) in [7, 11) is 1.81. The molecule has 1 heterocycles. The molecule has 1 unspecified atom stereocenters. The minimum Gasteiger partial charge on any atom is -0.384 e. The summed E-state index contributed by atoms with van der Waals surface area (Å²) in [5.41, 5.74) is 2.99. The van der Waals surface area contributed by atoms with Crippen molar-refractivity contribution < 1.29 is 4.74 Å². The third kappa shape index (κ3) is 5.42. The van der Waals surface area contributed by atoms with Gasteiger partial charge in [-0.25, -0.2) is 0 Å². The van der Waals surface area contributed by atoms with Crippen LogP contribution in [0.15, 0.2) is 24.3 Å². The van der Waals surface area contributed by atoms with E-state index in [9.17, 15) is 0 Å². The summed E-state index contributed by atoms with van der Waals surface area (Å²) in [6.45, 7) is 8.67. The molecule has 1 fully saturated rings. The largest absolute Gasteiger partial charge is 0.384 e. The molecule has 0 radical (unpaired) electrons. The van der Waals surface area contributed by atoms with Crippen molar-refractivity contribution in [3.05, 3.63) is 35.4 Å². The smallest absolute Gasteiger partial charge is 0.0502 e. The average molecular weight is 290 g/mol. The number of ether oxygens (including phenoxy) is 1. The van der Waals surface area contributed by atoms with Crippen molar-refractivity contribution in [2.45, 2.75) is 32.7 Å². The fraction of sp³-hybridized carbons (Fsp3) is 0.667. The molecule has 0 spiro atoms. The van der Waals surface area contributed by atoms with Crippen LogP contribution >= 0.6 is 0 Å². The maximum Gasteiger partial charge on any atom is 0.0502 e. The first-order valence-electron chi connectivity index (χ1n) is 8.32. The molecule has 21 heavy (non-hydrogen) atoms. The van der Waals surface area contributed by atoms with Gasteiger partial charge in [0.1, 0.15) is 0 Å². The number of methoxy groups -OCH3 is 1. The van der Waals surface area contributed by atoms with Crippen molar-refractivity contribution in [3.8, 4) is 0 Å². The number of rotatable bonds is 8. The van der Waals surface area contributed by atoms with Gasteiger partial charge in [-0.3, -0.25) is 4.90 Å². The van der Waals surface area contributed by atoms with Gasteiger partial charge >= 0.3 is 0 Å². The molecular weight excluding hydrogens is 260 g/mol. The number of nitrogens with zero attached hydrogens (tertiary/aromatic N) is 1. The van der Waals surface area contributed by atoms with E-state index in [1.165, 1.54) is 37.1 Å². The molecule has 3 heteroatoms. The first-order chi connectivity index (χ1) is 10.3. The second-order valence-corrected chi connectivity index (χ2v) is 6.07. The van der Waals surface area contributed by atoms with Crippen LogP contribution in [0, 0.1) is 5.92 Å². The summed E-state index contributed by atoms with van der Waals surface area (Å²) in [5.74, 6) is 0.706. The lowest BCUT2D eigenvalue weighted by molar-refractivity contribution is 0.0872. The standard InChI is InChI=1S/C18H30N2O/c1-3-19-11-10-17-8-4-5-9-18(17)14-20-12-6-7-16(13-20)15-21-2/h4-5,8-9,16,19H,3,6-7,10-15H2,1-2H3. The zero-order valence-corrected chi connectivity index (χ0v) is 13.6. The van der Waals surface area contributed by atoms with Crippen LogP contribution in [0.25, 0.3) is 0 Å². The van der Waals surface area contributed by atoms with Crippen LogP contribution in [0.3, 0.4) is 0 Å². The molecule has 1 aliphatic heterocycles. The summed E-state index contributed by atoms with van der Waals surface area (Å²) >= 11 is 0. The van der Waals surface area contributed by atoms with Crippen molar-refractivity contribution in [1.82, 2.24) is 10.2 Å². The predicted molar refractivity (Wildman–Crippen MR) is 88.6 cm³/mol. The number of nitrogens with one attached hydrogen (secondary N) is 1. The molecule has 1 N–H and O–H groups in total. The van der Waals surface area contributed by atoms with Crippen LogP contribution in [-0.2, 0) is 17.7 Å². The second kappa shape index (κ2) is 9.19. The maximum absolute atomic E-state index is 5.33. The lowest BCUT2D eigenvalue weighted by atomic mass is 9.97. The molecule has 0 bridgehead atoms. The Bertz CT molecular complexity index is 406. The Morgan fingerprint density at radius 2 is 2.10 bits per heavy atom. The highest BCUT2D eigenvalue weighted by Gasteiger charge is 2.20. The van der Waals surface area contributed by atoms with Crippen molar-refractivity contribution in [2.75, 3.05) is 39.9 Å². The molecule has 0 saturated carbocycles. The van der Waals surface area contributed by atoms with E-state index in [4.69, 9.17) is 4.74 Å². The topological polar surface area (TPSA) is 24.5 Å². The molecule has 0 aliphatic carbocycles. The summed E-state index contributed by atoms with van der Waals surface area (Å²) in [5, 5.41) is 3.42. The van der Waals surface area contributed by atoms with Gasteiger partial charge in [-0.2, -0.15) is 0 Å². The minimum absolute atomic E-state index is 0.706. The SMILES string of the molecule is CCNCCc1ccccc1CN1CCCC(COC)C1. The Morgan fingerprint density at radius 3 is 2.86 bits per heavy atom. The van der Waals surface area contributed by atoms with E-state index in [-0.39, 0.29) is 0 Å². The normalized spacial score (nSPS) is 19.8. The first-order valence-corrected chi connectivity index (χ1v) is 8.32. The molecule has 1 aromatic carbocycles. The Kier molecular flexibility index (Phi) is 7.20. The van der Waals surface area contributed by atoms with Crippen LogP contribution < -0.4 is 5.32 Å². The molecule has 1 atom stereocenters. The second-order valence-electron chi connectivity index (χ2n) is 6.07. The molecule has 1 aliphatic rings. The van der Waals surface area contributed by atoms with E-state index in [0.717, 1.165) is 32.7 Å². The molecule has 3 nitrogen and oxygen atoms in total. The van der Waals surface area contributed by atoms with Gasteiger partial charge in [0, 0.05) is 20.2 Å². The summed E-state index contributed by atoms with van der Waals surface area (Å²) < 4.78 is 5.33. The van der Waals surface area contributed by atoms with Gasteiger partial charge in [0.15, 0.2) is 0 Å². The van der Waals surface area contributed by atoms with E-state index in [2.05, 4.69) is 41.4 Å². The number of hydrogen-bond donors (Lipinski definition) is 1. The number of likely N-dealkylation sites (N-methyl/N-ethyl adjacent to an activating group) is 1. The van der Waals surface area contributed by atoms with Crippen molar-refractivity contribution in [1.29, 1.82) is 0 Å². The average Bonchev–Trinajstić information content (AvgIpc) is 2.50. The van der Waals surface area contributed by atoms with Crippen LogP contribution in [0.1, 0.15) is 30.9 Å². The zero-order valence-electron chi connectivity index (χ0n) is 13.6. The van der Waals surface area contributed by atoms with Gasteiger partial charge < -0.3 is 10.1 Å². The molecule has 1 saturated heterocycles. The molecule has 1 aromatic rings. The van der Waals surface area contributed by atoms with Gasteiger partial charge in [-0.1, -0.05) is 31.2 Å². The van der Waals surface area contributed by atoms with Gasteiger partial charge in [-0.05, 0) is 55.9 Å². The van der Waals surface area contributed by atoms with Crippen LogP contribution in [0.4, 0.5) is 0 Å². The van der Waals surface area contributed by atoms with Gasteiger partial charge in [0.2, 0.25) is 0 Å². The lowest BCUT2D eigenvalue weighted by Crippen LogP contribution is -2.36. The van der Waals surface area contributed by atoms with E-state index in [1.54, 1.807) is 0 Å². The molecule has 118 valence electrons. The summed E-state index contributed by atoms with van der Waals surface area (Å²) in [4.78, 5) is 2.60. The fourth-order valence-corrected chi connectivity index (χ4v) is 3.26. The Morgan fingerprint density at radius 1 is 1.29 bits per heavy atom. The van der Waals surface area contributed by atoms with Gasteiger partial charge in [0.05, 0.1) is 6.61 Å². The van der Waals surface area contributed by atoms with Crippen molar-refractivity contribution in [3.63, 3.8) is 0 Å². The Balaban J connectivity index is 1.92. The highest BCUT2D eigenvalue weighted by Crippen LogP contribution is 2.20. The molecule has 0 aromatic heterocycles. The quantitative estimate of drug-likeness (QED) is 0.745. The predicted octanol–water partition coefficient (Wildman–Crippen LogP) is 2.70. The summed E-state index contributed by atoms with van der Waals surface area (Å²) in [6, 6.07) is 8.90. The number of likely N-dealkylation sites (tertiary alicyclic amines) is 1. The highest BCUT2D eigenvalue weighted by molar-refractivity contribution is 5.27. The molecule has 2 rings (SSSR count). The summed E-state index contributed by atoms with van der Waals surface area (Å²) in [6.07, 6.45) is 3.74. The fourth-order valence-electron chi connectivity index (χ4n) is 3.26. The molecular formula is C18H30N2O. The van der Waals surface area contributed by atoms with Gasteiger partial charge in [-0.15, -0.1) is 0 Å². The first kappa shape index (κ1) is 16.5. The third-order valence-electron chi connectivity index (χ3n) is 4.34. The van der Waals surface area contributed by atoms with Gasteiger partial charge in [0.25, 0.3) is 0 Å². The van der Waals surface area contributed by atoms with E-state index in [0.29, 0.717) is 5.92 Å². The zero-order chi connectivity index (χ0) is 14.9. The maximum atomic E-state index is 5.33. The minimum atomic E-state index is 0.706. The van der Waals surface area contributed by atoms with E-state index >= 15 is 0 Å². The number of benzene rings is 1. The van der Waals surface area contributed by atoms with Crippen molar-refractivity contribution >= 4 is 0 Å². The van der Waals surface area contributed by atoms with Crippen molar-refractivity contribution in [2.24, 2.45) is 5.92 Å². The number of piperidine rings is 1. The third-order valence-corrected chi connectivity index (χ3v) is 4.34. The lowest BCUT2D eigenvalue weighted by Gasteiger charge is -2.32. The Hall–Kier alpha value is -0.900. The monoisotopic (exact) mass is 290 g/mol. The van der Waals surface area contributed by atoms with Crippen LogP contribution in [-0.4, -0.2) is 44.8 Å². The Labute approximate surface area is 129 Å². The van der Waals surface area contributed by atoms with E-state index in [1.807, 2.05) is 7.11 Å². The molecule has 0 amide bonds. The van der Waals surface area contributed by atoms with Crippen LogP contribution in [0.5, 0.6) is 0 Å². The van der Waals surface area contributed by atoms with E-state index < -0.39 is 0 Å².